The van der Waals surface area contributed by atoms with Gasteiger partial charge in [0.15, 0.2) is 0 Å². The number of nitrogens with one attached hydrogen (secondary N) is 1. The molecule has 0 atom stereocenters. The second kappa shape index (κ2) is 6.24. The number of hydrogen-bond donors (Lipinski definition) is 1. The number of anilines is 1. The molecule has 2 aromatic rings. The van der Waals surface area contributed by atoms with E-state index in [9.17, 15) is 0 Å². The van der Waals surface area contributed by atoms with Gasteiger partial charge in [-0.1, -0.05) is 20.8 Å². The monoisotopic (exact) mass is 287 g/mol. The Kier molecular flexibility index (Phi) is 4.60. The molecule has 0 radical (unpaired) electrons. The van der Waals surface area contributed by atoms with Gasteiger partial charge >= 0.3 is 0 Å². The zero-order chi connectivity index (χ0) is 15.5. The Balaban J connectivity index is 2.36. The lowest BCUT2D eigenvalue weighted by Crippen LogP contribution is -2.19. The van der Waals surface area contributed by atoms with Crippen molar-refractivity contribution in [2.75, 3.05) is 11.9 Å². The van der Waals surface area contributed by atoms with Crippen molar-refractivity contribution in [3.63, 3.8) is 0 Å². The molecule has 0 saturated heterocycles. The Bertz CT molecular complexity index is 595. The molecular formula is C16H25N5. The van der Waals surface area contributed by atoms with Gasteiger partial charge in [0.25, 0.3) is 0 Å². The van der Waals surface area contributed by atoms with Gasteiger partial charge in [0.2, 0.25) is 0 Å². The number of aryl methyl sites for hydroxylation is 1. The fraction of sp³-hybridized carbons (Fsp3) is 0.562. The van der Waals surface area contributed by atoms with Crippen LogP contribution in [0.3, 0.4) is 0 Å². The largest absolute Gasteiger partial charge is 0.370 e. The minimum absolute atomic E-state index is 0.0691. The Hall–Kier alpha value is -1.91. The van der Waals surface area contributed by atoms with Crippen molar-refractivity contribution >= 4 is 5.82 Å². The van der Waals surface area contributed by atoms with Crippen LogP contribution in [0.25, 0.3) is 0 Å². The van der Waals surface area contributed by atoms with Crippen LogP contribution in [0.15, 0.2) is 18.5 Å². The third-order valence-corrected chi connectivity index (χ3v) is 3.29. The van der Waals surface area contributed by atoms with Crippen molar-refractivity contribution < 1.29 is 0 Å². The van der Waals surface area contributed by atoms with Crippen molar-refractivity contribution in [3.8, 4) is 0 Å². The third-order valence-electron chi connectivity index (χ3n) is 3.29. The summed E-state index contributed by atoms with van der Waals surface area (Å²) in [6.07, 6.45) is 4.58. The summed E-state index contributed by atoms with van der Waals surface area (Å²) >= 11 is 0. The molecule has 0 aliphatic carbocycles. The molecule has 0 spiro atoms. The number of aromatic nitrogens is 4. The summed E-state index contributed by atoms with van der Waals surface area (Å²) in [5.74, 6) is 2.80. The number of rotatable bonds is 5. The summed E-state index contributed by atoms with van der Waals surface area (Å²) in [5.41, 5.74) is 0.937. The van der Waals surface area contributed by atoms with Crippen LogP contribution in [-0.4, -0.2) is 26.1 Å². The second-order valence-corrected chi connectivity index (χ2v) is 6.15. The van der Waals surface area contributed by atoms with Crippen molar-refractivity contribution in [2.45, 2.75) is 53.0 Å². The van der Waals surface area contributed by atoms with Crippen LogP contribution in [0.2, 0.25) is 0 Å². The van der Waals surface area contributed by atoms with E-state index in [-0.39, 0.29) is 5.41 Å². The molecule has 0 aliphatic heterocycles. The maximum Gasteiger partial charge on any atom is 0.136 e. The molecule has 0 amide bonds. The van der Waals surface area contributed by atoms with Crippen molar-refractivity contribution in [1.82, 2.24) is 19.5 Å². The van der Waals surface area contributed by atoms with E-state index in [1.807, 2.05) is 18.5 Å². The van der Waals surface area contributed by atoms with Crippen LogP contribution in [0.5, 0.6) is 0 Å². The molecule has 0 aromatic carbocycles. The van der Waals surface area contributed by atoms with Gasteiger partial charge < -0.3 is 9.88 Å². The van der Waals surface area contributed by atoms with Gasteiger partial charge in [0.05, 0.1) is 5.69 Å². The van der Waals surface area contributed by atoms with Crippen molar-refractivity contribution in [2.24, 2.45) is 0 Å². The van der Waals surface area contributed by atoms with Gasteiger partial charge in [0.1, 0.15) is 17.5 Å². The number of imidazole rings is 1. The van der Waals surface area contributed by atoms with Crippen molar-refractivity contribution in [1.29, 1.82) is 0 Å². The first kappa shape index (κ1) is 15.5. The van der Waals surface area contributed by atoms with Crippen LogP contribution in [0.1, 0.15) is 52.0 Å². The maximum absolute atomic E-state index is 4.73. The smallest absolute Gasteiger partial charge is 0.136 e. The van der Waals surface area contributed by atoms with Gasteiger partial charge in [-0.2, -0.15) is 0 Å². The molecule has 5 heteroatoms. The molecule has 21 heavy (non-hydrogen) atoms. The topological polar surface area (TPSA) is 55.6 Å². The molecule has 2 rings (SSSR count). The average molecular weight is 287 g/mol. The standard InChI is InChI=1S/C16H25N5/c1-6-17-13-10-12(19-15(20-13)16(3,4)5)11-14-18-8-9-21(14)7-2/h8-10H,6-7,11H2,1-5H3,(H,17,19,20). The van der Waals surface area contributed by atoms with E-state index in [0.717, 1.165) is 42.7 Å². The summed E-state index contributed by atoms with van der Waals surface area (Å²) in [7, 11) is 0. The van der Waals surface area contributed by atoms with Crippen LogP contribution in [-0.2, 0) is 18.4 Å². The fourth-order valence-electron chi connectivity index (χ4n) is 2.15. The predicted molar refractivity (Wildman–Crippen MR) is 85.6 cm³/mol. The van der Waals surface area contributed by atoms with E-state index in [2.05, 4.69) is 54.5 Å². The van der Waals surface area contributed by atoms with E-state index in [1.54, 1.807) is 0 Å². The summed E-state index contributed by atoms with van der Waals surface area (Å²) < 4.78 is 2.14. The summed E-state index contributed by atoms with van der Waals surface area (Å²) in [5, 5.41) is 3.29. The van der Waals surface area contributed by atoms with Crippen LogP contribution >= 0.6 is 0 Å². The summed E-state index contributed by atoms with van der Waals surface area (Å²) in [4.78, 5) is 13.8. The third kappa shape index (κ3) is 3.80. The molecular weight excluding hydrogens is 262 g/mol. The van der Waals surface area contributed by atoms with Gasteiger partial charge in [0, 0.05) is 43.4 Å². The highest BCUT2D eigenvalue weighted by atomic mass is 15.1. The van der Waals surface area contributed by atoms with Gasteiger partial charge in [-0.3, -0.25) is 0 Å². The predicted octanol–water partition coefficient (Wildman–Crippen LogP) is 3.01. The van der Waals surface area contributed by atoms with E-state index in [0.29, 0.717) is 0 Å². The van der Waals surface area contributed by atoms with Crippen LogP contribution in [0.4, 0.5) is 5.82 Å². The number of nitrogens with zero attached hydrogens (tertiary/aromatic N) is 4. The van der Waals surface area contributed by atoms with E-state index in [1.165, 1.54) is 0 Å². The molecule has 0 aliphatic rings. The zero-order valence-corrected chi connectivity index (χ0v) is 13.6. The van der Waals surface area contributed by atoms with Crippen LogP contribution < -0.4 is 5.32 Å². The zero-order valence-electron chi connectivity index (χ0n) is 13.6. The molecule has 2 aromatic heterocycles. The Morgan fingerprint density at radius 1 is 1.19 bits per heavy atom. The normalized spacial score (nSPS) is 11.7. The summed E-state index contributed by atoms with van der Waals surface area (Å²) in [6, 6.07) is 2.02. The second-order valence-electron chi connectivity index (χ2n) is 6.15. The molecule has 1 N–H and O–H groups in total. The molecule has 0 fully saturated rings. The SMILES string of the molecule is CCNc1cc(Cc2nccn2CC)nc(C(C)(C)C)n1. The average Bonchev–Trinajstić information content (AvgIpc) is 2.85. The lowest BCUT2D eigenvalue weighted by molar-refractivity contribution is 0.542. The minimum atomic E-state index is -0.0691. The first-order chi connectivity index (χ1) is 9.94. The molecule has 0 bridgehead atoms. The Labute approximate surface area is 126 Å². The van der Waals surface area contributed by atoms with Crippen LogP contribution in [0, 0.1) is 0 Å². The molecule has 2 heterocycles. The quantitative estimate of drug-likeness (QED) is 0.918. The Morgan fingerprint density at radius 3 is 2.57 bits per heavy atom. The molecule has 5 nitrogen and oxygen atoms in total. The lowest BCUT2D eigenvalue weighted by Gasteiger charge is -2.19. The molecule has 0 unspecified atom stereocenters. The lowest BCUT2D eigenvalue weighted by atomic mass is 9.95. The molecule has 114 valence electrons. The highest BCUT2D eigenvalue weighted by Crippen LogP contribution is 2.21. The van der Waals surface area contributed by atoms with E-state index in [4.69, 9.17) is 4.98 Å². The molecule has 0 saturated carbocycles. The van der Waals surface area contributed by atoms with Gasteiger partial charge in [-0.05, 0) is 13.8 Å². The highest BCUT2D eigenvalue weighted by Gasteiger charge is 2.19. The summed E-state index contributed by atoms with van der Waals surface area (Å²) in [6.45, 7) is 12.4. The van der Waals surface area contributed by atoms with Crippen molar-refractivity contribution in [3.05, 3.63) is 35.8 Å². The highest BCUT2D eigenvalue weighted by molar-refractivity contribution is 5.37. The number of hydrogen-bond acceptors (Lipinski definition) is 4. The first-order valence-electron chi connectivity index (χ1n) is 7.56. The van der Waals surface area contributed by atoms with E-state index < -0.39 is 0 Å². The van der Waals surface area contributed by atoms with Gasteiger partial charge in [-0.25, -0.2) is 15.0 Å². The maximum atomic E-state index is 4.73. The fourth-order valence-corrected chi connectivity index (χ4v) is 2.15. The van der Waals surface area contributed by atoms with E-state index >= 15 is 0 Å². The van der Waals surface area contributed by atoms with Gasteiger partial charge in [-0.15, -0.1) is 0 Å². The Morgan fingerprint density at radius 2 is 1.95 bits per heavy atom. The first-order valence-corrected chi connectivity index (χ1v) is 7.56. The minimum Gasteiger partial charge on any atom is -0.370 e.